The van der Waals surface area contributed by atoms with Gasteiger partial charge in [0.1, 0.15) is 0 Å². The summed E-state index contributed by atoms with van der Waals surface area (Å²) in [7, 11) is 0. The highest BCUT2D eigenvalue weighted by atomic mass is 35.5. The van der Waals surface area contributed by atoms with Crippen LogP contribution in [-0.2, 0) is 0 Å². The molecule has 0 saturated heterocycles. The van der Waals surface area contributed by atoms with Gasteiger partial charge in [-0.1, -0.05) is 51.8 Å². The monoisotopic (exact) mass is 242 g/mol. The van der Waals surface area contributed by atoms with E-state index in [1.807, 2.05) is 6.92 Å². The fourth-order valence-electron chi connectivity index (χ4n) is 2.09. The maximum atomic E-state index is 5.88. The molecule has 0 radical (unpaired) electrons. The Kier molecular flexibility index (Phi) is 7.06. The lowest BCUT2D eigenvalue weighted by molar-refractivity contribution is 0.241. The van der Waals surface area contributed by atoms with Crippen LogP contribution in [0.3, 0.4) is 0 Å². The molecule has 0 fully saturated rings. The number of rotatable bonds is 6. The van der Waals surface area contributed by atoms with Crippen molar-refractivity contribution >= 4 is 11.6 Å². The normalized spacial score (nSPS) is 16.4. The van der Waals surface area contributed by atoms with Crippen molar-refractivity contribution in [1.82, 2.24) is 0 Å². The molecule has 1 atom stereocenters. The Balaban J connectivity index is 4.78. The lowest BCUT2D eigenvalue weighted by Crippen LogP contribution is -2.22. The summed E-state index contributed by atoms with van der Waals surface area (Å²) in [6, 6.07) is 0. The molecule has 1 heteroatoms. The molecule has 0 aromatic rings. The van der Waals surface area contributed by atoms with Crippen molar-refractivity contribution in [3.8, 4) is 0 Å². The highest BCUT2D eigenvalue weighted by Gasteiger charge is 2.25. The van der Waals surface area contributed by atoms with Gasteiger partial charge in [0.25, 0.3) is 0 Å². The third-order valence-electron chi connectivity index (χ3n) is 3.69. The molecule has 0 nitrogen and oxygen atoms in total. The molecular weight excluding hydrogens is 216 g/mol. The highest BCUT2D eigenvalue weighted by Crippen LogP contribution is 2.36. The van der Waals surface area contributed by atoms with Crippen LogP contribution in [0.15, 0.2) is 23.3 Å². The van der Waals surface area contributed by atoms with Gasteiger partial charge in [0.05, 0.1) is 0 Å². The van der Waals surface area contributed by atoms with Gasteiger partial charge in [-0.2, -0.15) is 0 Å². The van der Waals surface area contributed by atoms with E-state index >= 15 is 0 Å². The van der Waals surface area contributed by atoms with Crippen LogP contribution < -0.4 is 0 Å². The Morgan fingerprint density at radius 2 is 1.94 bits per heavy atom. The van der Waals surface area contributed by atoms with Crippen molar-refractivity contribution in [2.75, 3.05) is 5.88 Å². The van der Waals surface area contributed by atoms with Crippen LogP contribution in [0.4, 0.5) is 0 Å². The molecule has 0 aliphatic rings. The SMILES string of the molecule is CC=C(C=C(C)C(C)C(C)(C)CCC)CCl. The highest BCUT2D eigenvalue weighted by molar-refractivity contribution is 6.19. The maximum Gasteiger partial charge on any atom is 0.0470 e. The van der Waals surface area contributed by atoms with Gasteiger partial charge in [-0.3, -0.25) is 0 Å². The summed E-state index contributed by atoms with van der Waals surface area (Å²) in [5, 5.41) is 0. The van der Waals surface area contributed by atoms with E-state index in [9.17, 15) is 0 Å². The number of halogens is 1. The zero-order valence-corrected chi connectivity index (χ0v) is 12.5. The Morgan fingerprint density at radius 3 is 2.31 bits per heavy atom. The summed E-state index contributed by atoms with van der Waals surface area (Å²) in [5.41, 5.74) is 3.03. The molecule has 0 saturated carbocycles. The molecule has 0 heterocycles. The Hall–Kier alpha value is -0.230. The number of hydrogen-bond acceptors (Lipinski definition) is 0. The standard InChI is InChI=1S/C15H27Cl/c1-7-9-15(5,6)13(4)12(3)10-14(8-2)11-16/h8,10,13H,7,9,11H2,1-6H3. The third-order valence-corrected chi connectivity index (χ3v) is 4.00. The molecule has 1 unspecified atom stereocenters. The van der Waals surface area contributed by atoms with Crippen LogP contribution in [0.25, 0.3) is 0 Å². The smallest absolute Gasteiger partial charge is 0.0470 e. The molecule has 16 heavy (non-hydrogen) atoms. The Labute approximate surface area is 107 Å². The summed E-state index contributed by atoms with van der Waals surface area (Å²) in [4.78, 5) is 0. The van der Waals surface area contributed by atoms with E-state index in [0.29, 0.717) is 17.2 Å². The quantitative estimate of drug-likeness (QED) is 0.421. The molecule has 0 N–H and O–H groups in total. The zero-order chi connectivity index (χ0) is 12.8. The first-order valence-electron chi connectivity index (χ1n) is 6.28. The average molecular weight is 243 g/mol. The summed E-state index contributed by atoms with van der Waals surface area (Å²) < 4.78 is 0. The summed E-state index contributed by atoms with van der Waals surface area (Å²) in [6.07, 6.45) is 6.85. The van der Waals surface area contributed by atoms with E-state index in [-0.39, 0.29) is 0 Å². The first-order valence-corrected chi connectivity index (χ1v) is 6.81. The van der Waals surface area contributed by atoms with Gasteiger partial charge < -0.3 is 0 Å². The van der Waals surface area contributed by atoms with Crippen molar-refractivity contribution < 1.29 is 0 Å². The van der Waals surface area contributed by atoms with Gasteiger partial charge in [-0.05, 0) is 37.2 Å². The number of hydrogen-bond donors (Lipinski definition) is 0. The summed E-state index contributed by atoms with van der Waals surface area (Å²) >= 11 is 5.88. The first-order chi connectivity index (χ1) is 7.38. The predicted molar refractivity (Wildman–Crippen MR) is 76.1 cm³/mol. The minimum Gasteiger partial charge on any atom is -0.122 e. The summed E-state index contributed by atoms with van der Waals surface area (Å²) in [6.45, 7) is 13.6. The molecule has 0 rings (SSSR count). The molecule has 0 aromatic heterocycles. The number of allylic oxidation sites excluding steroid dienone is 4. The molecule has 0 bridgehead atoms. The van der Waals surface area contributed by atoms with E-state index in [1.165, 1.54) is 24.0 Å². The van der Waals surface area contributed by atoms with Gasteiger partial charge in [-0.25, -0.2) is 0 Å². The minimum absolute atomic E-state index is 0.375. The van der Waals surface area contributed by atoms with Crippen molar-refractivity contribution in [2.45, 2.75) is 54.4 Å². The topological polar surface area (TPSA) is 0 Å². The van der Waals surface area contributed by atoms with E-state index in [1.54, 1.807) is 0 Å². The van der Waals surface area contributed by atoms with Crippen LogP contribution in [0.5, 0.6) is 0 Å². The van der Waals surface area contributed by atoms with Crippen molar-refractivity contribution in [3.05, 3.63) is 23.3 Å². The Morgan fingerprint density at radius 1 is 1.38 bits per heavy atom. The van der Waals surface area contributed by atoms with Gasteiger partial charge in [0.2, 0.25) is 0 Å². The number of alkyl halides is 1. The van der Waals surface area contributed by atoms with E-state index in [2.05, 4.69) is 46.8 Å². The maximum absolute atomic E-state index is 5.88. The van der Waals surface area contributed by atoms with Gasteiger partial charge >= 0.3 is 0 Å². The van der Waals surface area contributed by atoms with Gasteiger partial charge in [0.15, 0.2) is 0 Å². The van der Waals surface area contributed by atoms with Crippen LogP contribution in [0.1, 0.15) is 54.4 Å². The largest absolute Gasteiger partial charge is 0.122 e. The average Bonchev–Trinajstić information content (AvgIpc) is 2.24. The third kappa shape index (κ3) is 4.74. The lowest BCUT2D eigenvalue weighted by atomic mass is 9.73. The molecule has 0 aromatic carbocycles. The van der Waals surface area contributed by atoms with Crippen LogP contribution in [0.2, 0.25) is 0 Å². The zero-order valence-electron chi connectivity index (χ0n) is 11.7. The van der Waals surface area contributed by atoms with Crippen molar-refractivity contribution in [1.29, 1.82) is 0 Å². The molecule has 0 aliphatic carbocycles. The molecule has 0 amide bonds. The minimum atomic E-state index is 0.375. The molecule has 94 valence electrons. The van der Waals surface area contributed by atoms with Gasteiger partial charge in [-0.15, -0.1) is 11.6 Å². The molecular formula is C15H27Cl. The van der Waals surface area contributed by atoms with Gasteiger partial charge in [0, 0.05) is 5.88 Å². The fourth-order valence-corrected chi connectivity index (χ4v) is 2.33. The van der Waals surface area contributed by atoms with E-state index in [4.69, 9.17) is 11.6 Å². The Bertz CT molecular complexity index is 259. The van der Waals surface area contributed by atoms with Crippen molar-refractivity contribution in [2.24, 2.45) is 11.3 Å². The van der Waals surface area contributed by atoms with E-state index < -0.39 is 0 Å². The summed E-state index contributed by atoms with van der Waals surface area (Å²) in [5.74, 6) is 1.21. The van der Waals surface area contributed by atoms with E-state index in [0.717, 1.165) is 0 Å². The molecule has 0 spiro atoms. The predicted octanol–water partition coefficient (Wildman–Crippen LogP) is 5.58. The first kappa shape index (κ1) is 15.8. The molecule has 0 aliphatic heterocycles. The van der Waals surface area contributed by atoms with Crippen LogP contribution in [0, 0.1) is 11.3 Å². The van der Waals surface area contributed by atoms with Crippen LogP contribution >= 0.6 is 11.6 Å². The second-order valence-corrected chi connectivity index (χ2v) is 5.61. The second kappa shape index (κ2) is 7.17. The van der Waals surface area contributed by atoms with Crippen molar-refractivity contribution in [3.63, 3.8) is 0 Å². The van der Waals surface area contributed by atoms with Crippen LogP contribution in [-0.4, -0.2) is 5.88 Å². The fraction of sp³-hybridized carbons (Fsp3) is 0.733. The second-order valence-electron chi connectivity index (χ2n) is 5.35. The lowest BCUT2D eigenvalue weighted by Gasteiger charge is -2.32.